The van der Waals surface area contributed by atoms with E-state index in [2.05, 4.69) is 56.5 Å². The van der Waals surface area contributed by atoms with Gasteiger partial charge in [-0.25, -0.2) is 9.59 Å². The highest BCUT2D eigenvalue weighted by Gasteiger charge is 2.21. The van der Waals surface area contributed by atoms with E-state index >= 15 is 0 Å². The number of hydrogen-bond donors (Lipinski definition) is 2. The maximum atomic E-state index is 11.9. The third-order valence-corrected chi connectivity index (χ3v) is 7.52. The lowest BCUT2D eigenvalue weighted by Crippen LogP contribution is -2.13. The molecule has 0 aliphatic heterocycles. The van der Waals surface area contributed by atoms with E-state index in [0.717, 1.165) is 28.2 Å². The molecule has 6 nitrogen and oxygen atoms in total. The molecule has 0 heterocycles. The molecule has 0 aromatic heterocycles. The predicted molar refractivity (Wildman–Crippen MR) is 153 cm³/mol. The number of carbonyl (C=O) groups is 2. The Labute approximate surface area is 232 Å². The number of esters is 2. The van der Waals surface area contributed by atoms with Crippen molar-refractivity contribution in [2.24, 2.45) is 5.92 Å². The smallest absolute Gasteiger partial charge is 0.335 e. The van der Waals surface area contributed by atoms with Crippen LogP contribution in [0.15, 0.2) is 66.8 Å². The lowest BCUT2D eigenvalue weighted by Gasteiger charge is -2.28. The zero-order valence-electron chi connectivity index (χ0n) is 23.1. The van der Waals surface area contributed by atoms with Crippen LogP contribution in [0.25, 0.3) is 11.1 Å². The third-order valence-electron chi connectivity index (χ3n) is 7.52. The van der Waals surface area contributed by atoms with Gasteiger partial charge in [-0.15, -0.1) is 0 Å². The minimum absolute atomic E-state index is 0.0228. The molecule has 0 unspecified atom stereocenters. The molecule has 2 N–H and O–H groups in total. The SMILES string of the molecule is C=C(CO)C(=O)OCCc1cc(CCOC(=O)C(=C)CO)cc(-c2ccc(C3CCC(CCC)CC3)cc2)c1. The van der Waals surface area contributed by atoms with E-state index in [1.807, 2.05) is 6.07 Å². The van der Waals surface area contributed by atoms with E-state index in [-0.39, 0.29) is 24.4 Å². The van der Waals surface area contributed by atoms with Crippen LogP contribution in [0.2, 0.25) is 0 Å². The normalized spacial score (nSPS) is 16.9. The monoisotopic (exact) mass is 534 g/mol. The van der Waals surface area contributed by atoms with Crippen molar-refractivity contribution >= 4 is 11.9 Å². The predicted octanol–water partition coefficient (Wildman–Crippen LogP) is 5.70. The number of hydrogen-bond acceptors (Lipinski definition) is 6. The minimum Gasteiger partial charge on any atom is -0.462 e. The topological polar surface area (TPSA) is 93.1 Å². The number of aliphatic hydroxyl groups excluding tert-OH is 2. The zero-order chi connectivity index (χ0) is 28.2. The minimum atomic E-state index is -0.607. The summed E-state index contributed by atoms with van der Waals surface area (Å²) in [5.41, 5.74) is 5.54. The quantitative estimate of drug-likeness (QED) is 0.239. The van der Waals surface area contributed by atoms with Gasteiger partial charge in [0.05, 0.1) is 37.6 Å². The second-order valence-corrected chi connectivity index (χ2v) is 10.5. The van der Waals surface area contributed by atoms with E-state index in [4.69, 9.17) is 19.7 Å². The van der Waals surface area contributed by atoms with E-state index in [9.17, 15) is 9.59 Å². The van der Waals surface area contributed by atoms with Gasteiger partial charge in [0.15, 0.2) is 0 Å². The lowest BCUT2D eigenvalue weighted by atomic mass is 9.77. The Morgan fingerprint density at radius 2 is 1.31 bits per heavy atom. The largest absolute Gasteiger partial charge is 0.462 e. The summed E-state index contributed by atoms with van der Waals surface area (Å²) in [7, 11) is 0. The van der Waals surface area contributed by atoms with E-state index in [1.165, 1.54) is 44.1 Å². The molecular weight excluding hydrogens is 492 g/mol. The van der Waals surface area contributed by atoms with Gasteiger partial charge in [-0.3, -0.25) is 0 Å². The highest BCUT2D eigenvalue weighted by atomic mass is 16.5. The number of ether oxygens (including phenoxy) is 2. The maximum Gasteiger partial charge on any atom is 0.335 e. The van der Waals surface area contributed by atoms with Crippen molar-refractivity contribution in [1.29, 1.82) is 0 Å². The first-order chi connectivity index (χ1) is 18.8. The Balaban J connectivity index is 1.72. The van der Waals surface area contributed by atoms with Gasteiger partial charge in [0.1, 0.15) is 0 Å². The molecule has 1 aliphatic rings. The average Bonchev–Trinajstić information content (AvgIpc) is 2.96. The van der Waals surface area contributed by atoms with Crippen LogP contribution in [-0.2, 0) is 31.9 Å². The van der Waals surface area contributed by atoms with Crippen LogP contribution in [0.4, 0.5) is 0 Å². The molecular formula is C33H42O6. The van der Waals surface area contributed by atoms with Crippen LogP contribution in [0.1, 0.15) is 68.1 Å². The Bertz CT molecular complexity index is 1070. The Morgan fingerprint density at radius 3 is 1.77 bits per heavy atom. The summed E-state index contributed by atoms with van der Waals surface area (Å²) >= 11 is 0. The number of carbonyl (C=O) groups excluding carboxylic acids is 2. The van der Waals surface area contributed by atoms with Gasteiger partial charge in [0.2, 0.25) is 0 Å². The molecule has 3 rings (SSSR count). The molecule has 0 radical (unpaired) electrons. The Morgan fingerprint density at radius 1 is 0.795 bits per heavy atom. The molecule has 0 saturated heterocycles. The summed E-state index contributed by atoms with van der Waals surface area (Å²) in [4.78, 5) is 23.7. The van der Waals surface area contributed by atoms with Gasteiger partial charge in [-0.1, -0.05) is 75.4 Å². The van der Waals surface area contributed by atoms with Crippen molar-refractivity contribution in [2.45, 2.75) is 64.2 Å². The second-order valence-electron chi connectivity index (χ2n) is 10.5. The van der Waals surface area contributed by atoms with Crippen LogP contribution in [0.3, 0.4) is 0 Å². The standard InChI is InChI=1S/C33H42O6/c1-4-5-25-6-8-28(9-7-25)29-10-12-30(13-11-29)31-19-26(14-16-38-32(36)23(2)21-34)18-27(20-31)15-17-39-33(37)24(3)22-35/h10-13,18-20,25,28,34-35H,2-9,14-17,21-22H2,1H3. The molecule has 0 atom stereocenters. The van der Waals surface area contributed by atoms with Crippen molar-refractivity contribution in [1.82, 2.24) is 0 Å². The molecule has 0 bridgehead atoms. The third kappa shape index (κ3) is 9.19. The van der Waals surface area contributed by atoms with Crippen molar-refractivity contribution in [3.63, 3.8) is 0 Å². The highest BCUT2D eigenvalue weighted by molar-refractivity contribution is 5.88. The molecule has 1 saturated carbocycles. The Kier molecular flexibility index (Phi) is 12.0. The highest BCUT2D eigenvalue weighted by Crippen LogP contribution is 2.38. The summed E-state index contributed by atoms with van der Waals surface area (Å²) in [5.74, 6) is 0.294. The molecule has 2 aromatic rings. The van der Waals surface area contributed by atoms with Crippen LogP contribution >= 0.6 is 0 Å². The number of benzene rings is 2. The van der Waals surface area contributed by atoms with E-state index in [0.29, 0.717) is 18.8 Å². The summed E-state index contributed by atoms with van der Waals surface area (Å²) in [6.07, 6.45) is 8.74. The van der Waals surface area contributed by atoms with Gasteiger partial charge in [0, 0.05) is 12.8 Å². The molecule has 6 heteroatoms. The van der Waals surface area contributed by atoms with E-state index < -0.39 is 25.2 Å². The van der Waals surface area contributed by atoms with Gasteiger partial charge in [0.25, 0.3) is 0 Å². The summed E-state index contributed by atoms with van der Waals surface area (Å²) in [6.45, 7) is 8.71. The lowest BCUT2D eigenvalue weighted by molar-refractivity contribution is -0.140. The van der Waals surface area contributed by atoms with Crippen molar-refractivity contribution in [3.05, 3.63) is 83.5 Å². The molecule has 39 heavy (non-hydrogen) atoms. The average molecular weight is 535 g/mol. The fourth-order valence-electron chi connectivity index (χ4n) is 5.21. The fraction of sp³-hybridized carbons (Fsp3) is 0.455. The first-order valence-corrected chi connectivity index (χ1v) is 14.0. The van der Waals surface area contributed by atoms with Crippen LogP contribution in [-0.4, -0.2) is 48.6 Å². The van der Waals surface area contributed by atoms with Crippen molar-refractivity contribution < 1.29 is 29.3 Å². The van der Waals surface area contributed by atoms with Crippen molar-refractivity contribution in [3.8, 4) is 11.1 Å². The second kappa shape index (κ2) is 15.4. The zero-order valence-corrected chi connectivity index (χ0v) is 23.1. The maximum absolute atomic E-state index is 11.9. The van der Waals surface area contributed by atoms with Gasteiger partial charge >= 0.3 is 11.9 Å². The van der Waals surface area contributed by atoms with Crippen LogP contribution in [0, 0.1) is 5.92 Å². The number of aliphatic hydroxyl groups is 2. The first-order valence-electron chi connectivity index (χ1n) is 14.0. The number of rotatable bonds is 14. The van der Waals surface area contributed by atoms with Gasteiger partial charge in [-0.2, -0.15) is 0 Å². The summed E-state index contributed by atoms with van der Waals surface area (Å²) in [5, 5.41) is 18.1. The van der Waals surface area contributed by atoms with Gasteiger partial charge < -0.3 is 19.7 Å². The van der Waals surface area contributed by atoms with Crippen LogP contribution in [0.5, 0.6) is 0 Å². The van der Waals surface area contributed by atoms with E-state index in [1.54, 1.807) is 0 Å². The molecule has 0 spiro atoms. The van der Waals surface area contributed by atoms with Crippen LogP contribution < -0.4 is 0 Å². The van der Waals surface area contributed by atoms with Crippen molar-refractivity contribution in [2.75, 3.05) is 26.4 Å². The fourth-order valence-corrected chi connectivity index (χ4v) is 5.21. The molecule has 1 fully saturated rings. The molecule has 2 aromatic carbocycles. The molecule has 1 aliphatic carbocycles. The summed E-state index contributed by atoms with van der Waals surface area (Å²) < 4.78 is 10.5. The summed E-state index contributed by atoms with van der Waals surface area (Å²) in [6, 6.07) is 15.0. The van der Waals surface area contributed by atoms with Gasteiger partial charge in [-0.05, 0) is 65.3 Å². The first kappa shape index (κ1) is 30.3. The Hall–Kier alpha value is -3.22. The molecule has 210 valence electrons. The molecule has 0 amide bonds.